The summed E-state index contributed by atoms with van der Waals surface area (Å²) in [4.78, 5) is 9.52. The molecule has 0 aromatic carbocycles. The molecule has 0 radical (unpaired) electrons. The van der Waals surface area contributed by atoms with Crippen molar-refractivity contribution >= 4 is 27.4 Å². The summed E-state index contributed by atoms with van der Waals surface area (Å²) in [6.07, 6.45) is 1.56. The van der Waals surface area contributed by atoms with Gasteiger partial charge in [-0.1, -0.05) is 13.8 Å². The molecule has 2 N–H and O–H groups in total. The van der Waals surface area contributed by atoms with Gasteiger partial charge in [0.2, 0.25) is 0 Å². The number of aliphatic hydroxyl groups is 1. The van der Waals surface area contributed by atoms with Crippen LogP contribution in [0.3, 0.4) is 0 Å². The highest BCUT2D eigenvalue weighted by molar-refractivity contribution is 7.17. The molecule has 0 spiro atoms. The van der Waals surface area contributed by atoms with Crippen LogP contribution in [-0.2, 0) is 0 Å². The molecule has 0 amide bonds. The molecule has 2 aromatic rings. The van der Waals surface area contributed by atoms with Crippen molar-refractivity contribution in [1.29, 1.82) is 0 Å². The highest BCUT2D eigenvalue weighted by Crippen LogP contribution is 2.29. The summed E-state index contributed by atoms with van der Waals surface area (Å²) < 4.78 is 0. The quantitative estimate of drug-likeness (QED) is 0.876. The first-order chi connectivity index (χ1) is 8.13. The third-order valence-corrected chi connectivity index (χ3v) is 3.88. The summed E-state index contributed by atoms with van der Waals surface area (Å²) in [7, 11) is 0. The fourth-order valence-corrected chi connectivity index (χ4v) is 2.62. The SMILES string of the molecule is Cc1csc2ncnc(NC(CO)C(C)C)c12. The molecule has 0 aliphatic rings. The van der Waals surface area contributed by atoms with E-state index in [9.17, 15) is 5.11 Å². The molecule has 1 atom stereocenters. The molecule has 2 aromatic heterocycles. The number of hydrogen-bond donors (Lipinski definition) is 2. The maximum absolute atomic E-state index is 9.35. The lowest BCUT2D eigenvalue weighted by Gasteiger charge is -2.20. The van der Waals surface area contributed by atoms with Gasteiger partial charge in [0.1, 0.15) is 17.0 Å². The first-order valence-corrected chi connectivity index (χ1v) is 6.57. The molecule has 4 nitrogen and oxygen atoms in total. The van der Waals surface area contributed by atoms with Crippen LogP contribution >= 0.6 is 11.3 Å². The Morgan fingerprint density at radius 3 is 2.82 bits per heavy atom. The van der Waals surface area contributed by atoms with E-state index in [0.29, 0.717) is 5.92 Å². The number of nitrogens with one attached hydrogen (secondary N) is 1. The molecule has 0 fully saturated rings. The smallest absolute Gasteiger partial charge is 0.138 e. The molecule has 0 saturated carbocycles. The van der Waals surface area contributed by atoms with Gasteiger partial charge in [0, 0.05) is 0 Å². The van der Waals surface area contributed by atoms with Gasteiger partial charge in [-0.25, -0.2) is 9.97 Å². The van der Waals surface area contributed by atoms with Crippen LogP contribution in [0.5, 0.6) is 0 Å². The second-order valence-corrected chi connectivity index (χ2v) is 5.36. The van der Waals surface area contributed by atoms with Crippen molar-refractivity contribution in [1.82, 2.24) is 9.97 Å². The van der Waals surface area contributed by atoms with Gasteiger partial charge in [-0.15, -0.1) is 11.3 Å². The minimum absolute atomic E-state index is 0.0207. The van der Waals surface area contributed by atoms with Crippen LogP contribution in [0.2, 0.25) is 0 Å². The van der Waals surface area contributed by atoms with E-state index in [4.69, 9.17) is 0 Å². The Labute approximate surface area is 105 Å². The van der Waals surface area contributed by atoms with E-state index in [1.54, 1.807) is 17.7 Å². The first-order valence-electron chi connectivity index (χ1n) is 5.69. The average molecular weight is 251 g/mol. The van der Waals surface area contributed by atoms with E-state index >= 15 is 0 Å². The number of anilines is 1. The van der Waals surface area contributed by atoms with E-state index in [-0.39, 0.29) is 12.6 Å². The second kappa shape index (κ2) is 4.98. The first kappa shape index (κ1) is 12.3. The van der Waals surface area contributed by atoms with Crippen molar-refractivity contribution < 1.29 is 5.11 Å². The van der Waals surface area contributed by atoms with Crippen LogP contribution in [0, 0.1) is 12.8 Å². The lowest BCUT2D eigenvalue weighted by atomic mass is 10.1. The van der Waals surface area contributed by atoms with Crippen molar-refractivity contribution in [2.45, 2.75) is 26.8 Å². The summed E-state index contributed by atoms with van der Waals surface area (Å²) in [6.45, 7) is 6.31. The Morgan fingerprint density at radius 1 is 1.41 bits per heavy atom. The van der Waals surface area contributed by atoms with E-state index in [2.05, 4.69) is 41.4 Å². The third-order valence-electron chi connectivity index (χ3n) is 2.88. The van der Waals surface area contributed by atoms with Crippen LogP contribution in [0.25, 0.3) is 10.2 Å². The minimum atomic E-state index is 0.0207. The van der Waals surface area contributed by atoms with Gasteiger partial charge in [-0.2, -0.15) is 0 Å². The number of hydrogen-bond acceptors (Lipinski definition) is 5. The van der Waals surface area contributed by atoms with Crippen LogP contribution in [0.4, 0.5) is 5.82 Å². The Kier molecular flexibility index (Phi) is 3.59. The maximum atomic E-state index is 9.35. The molecule has 2 heterocycles. The molecule has 17 heavy (non-hydrogen) atoms. The number of nitrogens with zero attached hydrogens (tertiary/aromatic N) is 2. The lowest BCUT2D eigenvalue weighted by molar-refractivity contribution is 0.249. The standard InChI is InChI=1S/C12H17N3OS/c1-7(2)9(4-16)15-11-10-8(3)5-17-12(10)14-6-13-11/h5-7,9,16H,4H2,1-3H3,(H,13,14,15). The molecule has 1 unspecified atom stereocenters. The zero-order valence-corrected chi connectivity index (χ0v) is 11.1. The molecule has 5 heteroatoms. The molecule has 0 bridgehead atoms. The third kappa shape index (κ3) is 2.40. The van der Waals surface area contributed by atoms with E-state index < -0.39 is 0 Å². The summed E-state index contributed by atoms with van der Waals surface area (Å²) in [6, 6.07) is 0.0207. The number of aliphatic hydroxyl groups excluding tert-OH is 1. The second-order valence-electron chi connectivity index (χ2n) is 4.50. The number of rotatable bonds is 4. The highest BCUT2D eigenvalue weighted by Gasteiger charge is 2.15. The van der Waals surface area contributed by atoms with Crippen LogP contribution in [0.15, 0.2) is 11.7 Å². The van der Waals surface area contributed by atoms with Gasteiger partial charge in [-0.05, 0) is 23.8 Å². The van der Waals surface area contributed by atoms with Gasteiger partial charge < -0.3 is 10.4 Å². The van der Waals surface area contributed by atoms with Crippen molar-refractivity contribution in [2.75, 3.05) is 11.9 Å². The summed E-state index contributed by atoms with van der Waals surface area (Å²) >= 11 is 1.62. The van der Waals surface area contributed by atoms with Crippen LogP contribution in [0.1, 0.15) is 19.4 Å². The van der Waals surface area contributed by atoms with Crippen molar-refractivity contribution in [3.05, 3.63) is 17.3 Å². The van der Waals surface area contributed by atoms with Crippen LogP contribution in [-0.4, -0.2) is 27.7 Å². The molecule has 2 rings (SSSR count). The van der Waals surface area contributed by atoms with Crippen molar-refractivity contribution in [3.63, 3.8) is 0 Å². The van der Waals surface area contributed by atoms with Crippen molar-refractivity contribution in [2.24, 2.45) is 5.92 Å². The van der Waals surface area contributed by atoms with Crippen molar-refractivity contribution in [3.8, 4) is 0 Å². The summed E-state index contributed by atoms with van der Waals surface area (Å²) in [5.41, 5.74) is 1.17. The molecule has 0 aliphatic carbocycles. The van der Waals surface area contributed by atoms with Gasteiger partial charge in [0.25, 0.3) is 0 Å². The minimum Gasteiger partial charge on any atom is -0.394 e. The maximum Gasteiger partial charge on any atom is 0.138 e. The molecular formula is C12H17N3OS. The number of fused-ring (bicyclic) bond motifs is 1. The van der Waals surface area contributed by atoms with Gasteiger partial charge in [0.05, 0.1) is 18.0 Å². The highest BCUT2D eigenvalue weighted by atomic mass is 32.1. The van der Waals surface area contributed by atoms with Gasteiger partial charge >= 0.3 is 0 Å². The fraction of sp³-hybridized carbons (Fsp3) is 0.500. The normalized spacial score (nSPS) is 13.2. The van der Waals surface area contributed by atoms with E-state index in [1.165, 1.54) is 5.56 Å². The molecular weight excluding hydrogens is 234 g/mol. The zero-order chi connectivity index (χ0) is 12.4. The Balaban J connectivity index is 2.38. The summed E-state index contributed by atoms with van der Waals surface area (Å²) in [5, 5.41) is 15.8. The van der Waals surface area contributed by atoms with Gasteiger partial charge in [0.15, 0.2) is 0 Å². The van der Waals surface area contributed by atoms with E-state index in [0.717, 1.165) is 16.0 Å². The predicted molar refractivity (Wildman–Crippen MR) is 71.5 cm³/mol. The molecule has 0 saturated heterocycles. The summed E-state index contributed by atoms with van der Waals surface area (Å²) in [5.74, 6) is 1.17. The fourth-order valence-electron chi connectivity index (χ4n) is 1.73. The Bertz CT molecular complexity index is 509. The number of thiophene rings is 1. The predicted octanol–water partition coefficient (Wildman–Crippen LogP) is 2.43. The lowest BCUT2D eigenvalue weighted by Crippen LogP contribution is -2.29. The Hall–Kier alpha value is -1.20. The molecule has 0 aliphatic heterocycles. The monoisotopic (exact) mass is 251 g/mol. The molecule has 92 valence electrons. The van der Waals surface area contributed by atoms with Gasteiger partial charge in [-0.3, -0.25) is 0 Å². The average Bonchev–Trinajstić information content (AvgIpc) is 2.68. The largest absolute Gasteiger partial charge is 0.394 e. The topological polar surface area (TPSA) is 58.0 Å². The van der Waals surface area contributed by atoms with E-state index in [1.807, 2.05) is 0 Å². The Morgan fingerprint density at radius 2 is 2.18 bits per heavy atom. The zero-order valence-electron chi connectivity index (χ0n) is 10.3. The van der Waals surface area contributed by atoms with Crippen LogP contribution < -0.4 is 5.32 Å². The number of aryl methyl sites for hydroxylation is 1. The number of aromatic nitrogens is 2.